The summed E-state index contributed by atoms with van der Waals surface area (Å²) in [7, 11) is 3.54. The zero-order valence-electron chi connectivity index (χ0n) is 10.8. The van der Waals surface area contributed by atoms with Gasteiger partial charge < -0.3 is 22.8 Å². The van der Waals surface area contributed by atoms with Gasteiger partial charge in [0.2, 0.25) is 0 Å². The van der Waals surface area contributed by atoms with Crippen molar-refractivity contribution in [1.82, 2.24) is 0 Å². The number of hydrogen-bond donors (Lipinski definition) is 0. The number of hydrogen-bond acceptors (Lipinski definition) is 2. The molecule has 3 heteroatoms. The third-order valence-corrected chi connectivity index (χ3v) is 3.41. The Morgan fingerprint density at radius 1 is 1.25 bits per heavy atom. The van der Waals surface area contributed by atoms with Crippen LogP contribution in [0.25, 0.3) is 0 Å². The molecule has 0 aromatic rings. The molecule has 1 aliphatic rings. The van der Waals surface area contributed by atoms with E-state index in [4.69, 9.17) is 9.47 Å². The molecule has 0 unspecified atom stereocenters. The van der Waals surface area contributed by atoms with Crippen LogP contribution in [0.15, 0.2) is 0 Å². The Morgan fingerprint density at radius 2 is 1.81 bits per heavy atom. The first-order valence-electron chi connectivity index (χ1n) is 5.81. The molecule has 0 saturated heterocycles. The van der Waals surface area contributed by atoms with E-state index in [1.54, 1.807) is 14.2 Å². The van der Waals surface area contributed by atoms with Crippen molar-refractivity contribution < 1.29 is 35.7 Å². The van der Waals surface area contributed by atoms with E-state index in [0.717, 1.165) is 32.5 Å². The molecule has 0 amide bonds. The van der Waals surface area contributed by atoms with Crippen molar-refractivity contribution in [3.63, 3.8) is 0 Å². The Kier molecular flexibility index (Phi) is 8.40. The van der Waals surface area contributed by atoms with Gasteiger partial charge in [-0.05, 0) is 0 Å². The number of methoxy groups -OCH3 is 2. The maximum atomic E-state index is 5.33. The van der Waals surface area contributed by atoms with Crippen molar-refractivity contribution in [2.75, 3.05) is 27.4 Å². The van der Waals surface area contributed by atoms with Crippen LogP contribution in [-0.2, 0) is 35.7 Å². The van der Waals surface area contributed by atoms with E-state index >= 15 is 0 Å². The molecule has 1 fully saturated rings. The van der Waals surface area contributed by atoms with E-state index in [1.165, 1.54) is 0 Å². The normalized spacial score (nSPS) is 27.8. The SMILES string of the molecule is [CH2-][C@H]1CC(COC)(COC)C[C@@H]1[CH-]CC.[Zr+2]. The standard InChI is InChI=1S/C13H24O2.Zr/c1-5-6-12-8-13(9-14-3,10-15-4)7-11(12)2;/h6,11-12H,2,5,7-10H2,1,3-4H3;/q-2;+2/t11-,12-;/m0./s1. The smallest absolute Gasteiger partial charge is 0.384 e. The Hall–Kier alpha value is 0.803. The third-order valence-electron chi connectivity index (χ3n) is 3.41. The first-order valence-corrected chi connectivity index (χ1v) is 5.81. The van der Waals surface area contributed by atoms with Crippen LogP contribution in [-0.4, -0.2) is 27.4 Å². The minimum Gasteiger partial charge on any atom is -0.384 e. The van der Waals surface area contributed by atoms with Gasteiger partial charge in [0.05, 0.1) is 13.2 Å². The first kappa shape index (κ1) is 16.8. The average Bonchev–Trinajstić information content (AvgIpc) is 2.45. The van der Waals surface area contributed by atoms with Crippen molar-refractivity contribution in [3.8, 4) is 0 Å². The molecule has 0 aromatic heterocycles. The molecular weight excluding hydrogens is 279 g/mol. The predicted molar refractivity (Wildman–Crippen MR) is 62.3 cm³/mol. The van der Waals surface area contributed by atoms with E-state index in [0.29, 0.717) is 11.8 Å². The summed E-state index contributed by atoms with van der Waals surface area (Å²) in [6.45, 7) is 8.03. The zero-order valence-corrected chi connectivity index (χ0v) is 13.2. The maximum Gasteiger partial charge on any atom is 2.00 e. The zero-order chi connectivity index (χ0) is 11.3. The molecule has 0 N–H and O–H groups in total. The van der Waals surface area contributed by atoms with Gasteiger partial charge in [-0.3, -0.25) is 0 Å². The molecule has 2 atom stereocenters. The number of ether oxygens (including phenoxy) is 2. The fourth-order valence-electron chi connectivity index (χ4n) is 2.93. The van der Waals surface area contributed by atoms with Gasteiger partial charge in [0.1, 0.15) is 0 Å². The van der Waals surface area contributed by atoms with E-state index in [9.17, 15) is 0 Å². The molecule has 2 nitrogen and oxygen atoms in total. The van der Waals surface area contributed by atoms with Gasteiger partial charge in [0, 0.05) is 19.6 Å². The van der Waals surface area contributed by atoms with Gasteiger partial charge in [0.15, 0.2) is 0 Å². The summed E-state index contributed by atoms with van der Waals surface area (Å²) in [4.78, 5) is 0. The topological polar surface area (TPSA) is 18.5 Å². The second kappa shape index (κ2) is 8.00. The number of rotatable bonds is 6. The first-order chi connectivity index (χ1) is 7.17. The van der Waals surface area contributed by atoms with Crippen LogP contribution < -0.4 is 0 Å². The Bertz CT molecular complexity index is 179. The molecule has 1 saturated carbocycles. The second-order valence-corrected chi connectivity index (χ2v) is 4.84. The van der Waals surface area contributed by atoms with Crippen molar-refractivity contribution in [2.24, 2.45) is 17.3 Å². The molecule has 0 bridgehead atoms. The van der Waals surface area contributed by atoms with Crippen LogP contribution in [0.2, 0.25) is 0 Å². The van der Waals surface area contributed by atoms with Crippen LogP contribution in [0.3, 0.4) is 0 Å². The van der Waals surface area contributed by atoms with Gasteiger partial charge in [-0.15, -0.1) is 0 Å². The predicted octanol–water partition coefficient (Wildman–Crippen LogP) is 2.74. The molecule has 16 heavy (non-hydrogen) atoms. The van der Waals surface area contributed by atoms with Crippen LogP contribution in [0.1, 0.15) is 26.2 Å². The minimum atomic E-state index is 0. The van der Waals surface area contributed by atoms with E-state index < -0.39 is 0 Å². The Morgan fingerprint density at radius 3 is 2.25 bits per heavy atom. The molecule has 1 rings (SSSR count). The summed E-state index contributed by atoms with van der Waals surface area (Å²) in [6.07, 6.45) is 5.81. The summed E-state index contributed by atoms with van der Waals surface area (Å²) in [5.41, 5.74) is 0.201. The van der Waals surface area contributed by atoms with Gasteiger partial charge >= 0.3 is 26.2 Å². The van der Waals surface area contributed by atoms with Gasteiger partial charge in [-0.2, -0.15) is 18.3 Å². The molecule has 1 aliphatic carbocycles. The van der Waals surface area contributed by atoms with Crippen molar-refractivity contribution in [3.05, 3.63) is 13.3 Å². The van der Waals surface area contributed by atoms with Gasteiger partial charge in [-0.25, -0.2) is 0 Å². The molecule has 0 spiro atoms. The van der Waals surface area contributed by atoms with Crippen LogP contribution in [0, 0.1) is 30.6 Å². The fourth-order valence-corrected chi connectivity index (χ4v) is 2.93. The molecule has 0 heterocycles. The largest absolute Gasteiger partial charge is 2.00 e. The summed E-state index contributed by atoms with van der Waals surface area (Å²) in [5.74, 6) is 1.16. The van der Waals surface area contributed by atoms with Gasteiger partial charge in [-0.1, -0.05) is 19.8 Å². The van der Waals surface area contributed by atoms with Crippen LogP contribution in [0.4, 0.5) is 0 Å². The van der Waals surface area contributed by atoms with Gasteiger partial charge in [0.25, 0.3) is 0 Å². The average molecular weight is 304 g/mol. The van der Waals surface area contributed by atoms with E-state index in [2.05, 4.69) is 20.3 Å². The fraction of sp³-hybridized carbons (Fsp3) is 0.846. The Balaban J connectivity index is 0.00000225. The summed E-state index contributed by atoms with van der Waals surface area (Å²) < 4.78 is 10.7. The molecule has 0 aliphatic heterocycles. The summed E-state index contributed by atoms with van der Waals surface area (Å²) in [6, 6.07) is 0. The van der Waals surface area contributed by atoms with Crippen LogP contribution in [0.5, 0.6) is 0 Å². The minimum absolute atomic E-state index is 0. The molecule has 0 aromatic carbocycles. The van der Waals surface area contributed by atoms with E-state index in [1.807, 2.05) is 0 Å². The maximum absolute atomic E-state index is 5.33. The molecular formula is C13H24O2Zr. The van der Waals surface area contributed by atoms with E-state index in [-0.39, 0.29) is 31.6 Å². The molecule has 0 radical (unpaired) electrons. The quantitative estimate of drug-likeness (QED) is 0.703. The van der Waals surface area contributed by atoms with Crippen molar-refractivity contribution >= 4 is 0 Å². The van der Waals surface area contributed by atoms with Crippen LogP contribution >= 0.6 is 0 Å². The summed E-state index contributed by atoms with van der Waals surface area (Å²) >= 11 is 0. The van der Waals surface area contributed by atoms with Crippen molar-refractivity contribution in [1.29, 1.82) is 0 Å². The monoisotopic (exact) mass is 302 g/mol. The van der Waals surface area contributed by atoms with Crippen molar-refractivity contribution in [2.45, 2.75) is 26.2 Å². The summed E-state index contributed by atoms with van der Waals surface area (Å²) in [5, 5.41) is 0. The second-order valence-electron chi connectivity index (χ2n) is 4.84. The molecule has 92 valence electrons. The Labute approximate surface area is 120 Å². The third kappa shape index (κ3) is 4.24.